The molecule has 0 saturated heterocycles. The fourth-order valence-electron chi connectivity index (χ4n) is 11.9. The molecule has 396 valence electrons. The van der Waals surface area contributed by atoms with Gasteiger partial charge in [-0.1, -0.05) is 92.7 Å². The van der Waals surface area contributed by atoms with E-state index in [2.05, 4.69) is 242 Å². The van der Waals surface area contributed by atoms with E-state index in [4.69, 9.17) is 13.3 Å². The Labute approximate surface area is 470 Å². The molecule has 0 aliphatic carbocycles. The van der Waals surface area contributed by atoms with Crippen LogP contribution in [-0.4, -0.2) is 15.0 Å². The molecular weight excluding hydrogens is 997 g/mol. The zero-order valence-electron chi connectivity index (χ0n) is 47.7. The van der Waals surface area contributed by atoms with Crippen molar-refractivity contribution in [2.45, 2.75) is 61.3 Å². The van der Waals surface area contributed by atoms with E-state index in [1.165, 1.54) is 60.4 Å². The smallest absolute Gasteiger partial charge is 0.227 e. The Balaban J connectivity index is 0.000000115. The Morgan fingerprint density at radius 3 is 1.41 bits per heavy atom. The van der Waals surface area contributed by atoms with E-state index in [-0.39, 0.29) is 0 Å². The molecular formula is C72H63N6O3+3. The van der Waals surface area contributed by atoms with Gasteiger partial charge in [0, 0.05) is 84.4 Å². The molecule has 0 spiro atoms. The highest BCUT2D eigenvalue weighted by Crippen LogP contribution is 2.41. The molecule has 0 fully saturated rings. The second kappa shape index (κ2) is 19.9. The average molecular weight is 1060 g/mol. The first-order valence-electron chi connectivity index (χ1n) is 27.8. The highest BCUT2D eigenvalue weighted by atomic mass is 16.3. The van der Waals surface area contributed by atoms with Crippen LogP contribution in [0.5, 0.6) is 0 Å². The summed E-state index contributed by atoms with van der Waals surface area (Å²) in [7, 11) is 6.31. The highest BCUT2D eigenvalue weighted by Gasteiger charge is 2.26. The molecule has 15 aromatic rings. The van der Waals surface area contributed by atoms with Crippen LogP contribution in [0.2, 0.25) is 0 Å². The number of furan rings is 3. The van der Waals surface area contributed by atoms with Gasteiger partial charge in [-0.25, -0.2) is 24.1 Å². The molecule has 0 unspecified atom stereocenters. The average Bonchev–Trinajstić information content (AvgIpc) is 4.05. The summed E-state index contributed by atoms with van der Waals surface area (Å²) in [5.41, 5.74) is 20.7. The number of aryl methyl sites for hydroxylation is 9. The third-order valence-electron chi connectivity index (χ3n) is 16.2. The van der Waals surface area contributed by atoms with Crippen molar-refractivity contribution in [1.82, 2.24) is 15.0 Å². The Morgan fingerprint density at radius 1 is 0.383 bits per heavy atom. The molecule has 15 rings (SSSR count). The molecule has 0 amide bonds. The van der Waals surface area contributed by atoms with Gasteiger partial charge in [-0.15, -0.1) is 0 Å². The van der Waals surface area contributed by atoms with Crippen LogP contribution in [0.25, 0.3) is 132 Å². The van der Waals surface area contributed by atoms with Gasteiger partial charge < -0.3 is 13.3 Å². The van der Waals surface area contributed by atoms with Gasteiger partial charge in [0.05, 0.1) is 22.1 Å². The van der Waals surface area contributed by atoms with Gasteiger partial charge in [0.2, 0.25) is 39.7 Å². The Morgan fingerprint density at radius 2 is 0.852 bits per heavy atom. The van der Waals surface area contributed by atoms with Crippen LogP contribution in [0.3, 0.4) is 0 Å². The topological polar surface area (TPSA) is 89.7 Å². The summed E-state index contributed by atoms with van der Waals surface area (Å²) in [5.74, 6) is 0.506. The molecule has 0 N–H and O–H groups in total. The quantitative estimate of drug-likeness (QED) is 0.163. The van der Waals surface area contributed by atoms with Gasteiger partial charge in [0.15, 0.2) is 29.1 Å². The fraction of sp³-hybridized carbons (Fsp3) is 0.167. The van der Waals surface area contributed by atoms with E-state index >= 15 is 0 Å². The zero-order valence-corrected chi connectivity index (χ0v) is 47.7. The van der Waals surface area contributed by atoms with Crippen molar-refractivity contribution < 1.29 is 27.0 Å². The predicted molar refractivity (Wildman–Crippen MR) is 329 cm³/mol. The molecule has 0 radical (unpaired) electrons. The molecule has 9 heteroatoms. The monoisotopic (exact) mass is 1060 g/mol. The van der Waals surface area contributed by atoms with Crippen LogP contribution in [-0.2, 0) is 21.1 Å². The van der Waals surface area contributed by atoms with Crippen molar-refractivity contribution in [1.29, 1.82) is 0 Å². The predicted octanol–water partition coefficient (Wildman–Crippen LogP) is 16.9. The summed E-state index contributed by atoms with van der Waals surface area (Å²) in [4.78, 5) is 13.8. The lowest BCUT2D eigenvalue weighted by atomic mass is 9.94. The summed E-state index contributed by atoms with van der Waals surface area (Å²) in [6.45, 7) is 16.9. The maximum Gasteiger partial charge on any atom is 0.227 e. The summed E-state index contributed by atoms with van der Waals surface area (Å²) in [6.07, 6.45) is 4.32. The molecule has 0 aliphatic rings. The van der Waals surface area contributed by atoms with Crippen molar-refractivity contribution in [2.75, 3.05) is 0 Å². The molecule has 0 bridgehead atoms. The number of hydrogen-bond donors (Lipinski definition) is 0. The number of hydrogen-bond acceptors (Lipinski definition) is 6. The molecule has 9 heterocycles. The Kier molecular flexibility index (Phi) is 12.5. The van der Waals surface area contributed by atoms with Crippen LogP contribution in [0.4, 0.5) is 0 Å². The SMILES string of the molecule is Cc1ccc2c(n1)oc1c(-c3c4ccc(C(C)C)cc4cc[n+]3C)c(C)ccc12.Cc1ccc2c(n1)oc1c(-c3cc4ccccc4c[n+]3C)c(C)ccc12.Cc1ccc2c(n1)oc1c(-c3ccc4ccccc4[n+]3C)c(C)ccc12. The Hall–Kier alpha value is -9.60. The second-order valence-electron chi connectivity index (χ2n) is 22.1. The zero-order chi connectivity index (χ0) is 56.0. The first-order valence-corrected chi connectivity index (χ1v) is 27.8. The first-order chi connectivity index (χ1) is 39.2. The molecule has 0 aliphatic heterocycles. The van der Waals surface area contributed by atoms with Crippen molar-refractivity contribution in [2.24, 2.45) is 21.1 Å². The summed E-state index contributed by atoms with van der Waals surface area (Å²) in [5, 5.41) is 12.7. The van der Waals surface area contributed by atoms with Crippen molar-refractivity contribution in [3.8, 4) is 33.8 Å². The van der Waals surface area contributed by atoms with E-state index in [1.807, 2.05) is 39.0 Å². The number of fused-ring (bicyclic) bond motifs is 12. The van der Waals surface area contributed by atoms with Gasteiger partial charge in [-0.05, 0) is 141 Å². The number of nitrogens with zero attached hydrogens (tertiary/aromatic N) is 6. The maximum absolute atomic E-state index is 6.34. The van der Waals surface area contributed by atoms with Crippen LogP contribution in [0.15, 0.2) is 189 Å². The molecule has 81 heavy (non-hydrogen) atoms. The number of aromatic nitrogens is 6. The molecule has 6 aromatic carbocycles. The van der Waals surface area contributed by atoms with Crippen molar-refractivity contribution in [3.05, 3.63) is 216 Å². The summed E-state index contributed by atoms with van der Waals surface area (Å²) in [6, 6.07) is 57.8. The largest absolute Gasteiger partial charge is 0.437 e. The van der Waals surface area contributed by atoms with Gasteiger partial charge in [0.25, 0.3) is 0 Å². The third kappa shape index (κ3) is 8.81. The number of para-hydroxylation sites is 1. The molecule has 0 saturated carbocycles. The number of pyridine rings is 6. The van der Waals surface area contributed by atoms with Gasteiger partial charge in [0.1, 0.15) is 21.1 Å². The van der Waals surface area contributed by atoms with Crippen LogP contribution >= 0.6 is 0 Å². The van der Waals surface area contributed by atoms with Gasteiger partial charge >= 0.3 is 0 Å². The van der Waals surface area contributed by atoms with Crippen LogP contribution in [0, 0.1) is 41.5 Å². The third-order valence-corrected chi connectivity index (χ3v) is 16.2. The fourth-order valence-corrected chi connectivity index (χ4v) is 11.9. The summed E-state index contributed by atoms with van der Waals surface area (Å²) >= 11 is 0. The minimum absolute atomic E-state index is 0.506. The summed E-state index contributed by atoms with van der Waals surface area (Å²) < 4.78 is 25.4. The number of benzene rings is 6. The standard InChI is InChI=1S/C26H25N2O.2C23H19N2O/c1-15(2)18-8-11-20-19(14-18)12-13-28(5)24(20)23-16(3)6-9-21-22-10-7-17(4)27-26(22)29-25(21)23;1-14-8-11-17-18-12-9-15(2)24-23(18)26-22(17)21(14)20-13-10-16-6-4-5-7-19(16)25(20)3;1-14-8-10-18-19-11-9-15(2)24-23(19)26-22(18)21(14)20-12-16-6-4-5-7-17(16)13-25(20)3/h6-15H,1-5H3;2*4-13H,1-3H3/q3*+1. The highest BCUT2D eigenvalue weighted by molar-refractivity contribution is 6.12. The lowest BCUT2D eigenvalue weighted by Gasteiger charge is -2.11. The van der Waals surface area contributed by atoms with Crippen molar-refractivity contribution in [3.63, 3.8) is 0 Å². The normalized spacial score (nSPS) is 11.8. The first kappa shape index (κ1) is 50.9. The van der Waals surface area contributed by atoms with E-state index in [9.17, 15) is 0 Å². The second-order valence-corrected chi connectivity index (χ2v) is 22.1. The van der Waals surface area contributed by atoms with Crippen molar-refractivity contribution >= 4 is 98.7 Å². The van der Waals surface area contributed by atoms with E-state index in [0.717, 1.165) is 94.2 Å². The lowest BCUT2D eigenvalue weighted by Crippen LogP contribution is -2.32. The molecule has 9 nitrogen and oxygen atoms in total. The molecule has 0 atom stereocenters. The Bertz CT molecular complexity index is 4910. The lowest BCUT2D eigenvalue weighted by molar-refractivity contribution is -0.659. The minimum Gasteiger partial charge on any atom is -0.437 e. The minimum atomic E-state index is 0.506. The van der Waals surface area contributed by atoms with Gasteiger partial charge in [-0.2, -0.15) is 4.57 Å². The maximum atomic E-state index is 6.34. The van der Waals surface area contributed by atoms with E-state index in [0.29, 0.717) is 23.1 Å². The van der Waals surface area contributed by atoms with E-state index < -0.39 is 0 Å². The van der Waals surface area contributed by atoms with Crippen LogP contribution in [0.1, 0.15) is 59.1 Å². The number of rotatable bonds is 4. The molecule has 9 aromatic heterocycles. The van der Waals surface area contributed by atoms with Gasteiger partial charge in [-0.3, -0.25) is 0 Å². The van der Waals surface area contributed by atoms with E-state index in [1.54, 1.807) is 0 Å². The van der Waals surface area contributed by atoms with Crippen LogP contribution < -0.4 is 13.7 Å².